The Labute approximate surface area is 86.1 Å². The van der Waals surface area contributed by atoms with Crippen molar-refractivity contribution in [3.8, 4) is 0 Å². The fraction of sp³-hybridized carbons (Fsp3) is 0.556. The van der Waals surface area contributed by atoms with Gasteiger partial charge in [0, 0.05) is 11.5 Å². The summed E-state index contributed by atoms with van der Waals surface area (Å²) in [6, 6.07) is 1.65. The first-order valence-corrected chi connectivity index (χ1v) is 5.22. The van der Waals surface area contributed by atoms with Gasteiger partial charge in [-0.15, -0.1) is 11.3 Å². The molecule has 1 rings (SSSR count). The highest BCUT2D eigenvalue weighted by molar-refractivity contribution is 7.10. The molecule has 0 saturated heterocycles. The second kappa shape index (κ2) is 5.43. The van der Waals surface area contributed by atoms with Gasteiger partial charge in [-0.1, -0.05) is 0 Å². The highest BCUT2D eigenvalue weighted by atomic mass is 32.1. The summed E-state index contributed by atoms with van der Waals surface area (Å²) in [5, 5.41) is 38.0. The topological polar surface area (TPSA) is 80.9 Å². The Morgan fingerprint density at radius 3 is 2.50 bits per heavy atom. The van der Waals surface area contributed by atoms with Crippen molar-refractivity contribution in [2.45, 2.75) is 25.2 Å². The standard InChI is InChI=1S/C9H14O4S/c10-2-1-8(12)9(13)6-3-7(4-11)14-5-6/h3,5,8-13H,1-2,4H2. The number of hydrogen-bond donors (Lipinski definition) is 4. The molecule has 0 fully saturated rings. The van der Waals surface area contributed by atoms with Gasteiger partial charge in [-0.25, -0.2) is 0 Å². The van der Waals surface area contributed by atoms with Crippen molar-refractivity contribution in [2.24, 2.45) is 0 Å². The predicted octanol–water partition coefficient (Wildman–Crippen LogP) is 0.0171. The molecule has 0 aliphatic heterocycles. The van der Waals surface area contributed by atoms with Crippen molar-refractivity contribution in [3.63, 3.8) is 0 Å². The summed E-state index contributed by atoms with van der Waals surface area (Å²) in [4.78, 5) is 0.746. The van der Waals surface area contributed by atoms with Crippen molar-refractivity contribution in [1.82, 2.24) is 0 Å². The van der Waals surface area contributed by atoms with Gasteiger partial charge >= 0.3 is 0 Å². The SMILES string of the molecule is OCCC(O)C(O)c1csc(CO)c1. The van der Waals surface area contributed by atoms with Gasteiger partial charge in [0.15, 0.2) is 0 Å². The second-order valence-electron chi connectivity index (χ2n) is 3.03. The summed E-state index contributed by atoms with van der Waals surface area (Å²) in [6.45, 7) is -0.220. The molecule has 14 heavy (non-hydrogen) atoms. The average Bonchev–Trinajstić information content (AvgIpc) is 2.65. The Morgan fingerprint density at radius 1 is 1.29 bits per heavy atom. The molecule has 1 aromatic rings. The number of hydrogen-bond acceptors (Lipinski definition) is 5. The minimum Gasteiger partial charge on any atom is -0.396 e. The lowest BCUT2D eigenvalue weighted by molar-refractivity contribution is 0.00440. The van der Waals surface area contributed by atoms with Crippen LogP contribution in [0.3, 0.4) is 0 Å². The zero-order chi connectivity index (χ0) is 10.6. The van der Waals surface area contributed by atoms with E-state index in [4.69, 9.17) is 10.2 Å². The van der Waals surface area contributed by atoms with Crippen molar-refractivity contribution in [2.75, 3.05) is 6.61 Å². The van der Waals surface area contributed by atoms with E-state index in [2.05, 4.69) is 0 Å². The van der Waals surface area contributed by atoms with Gasteiger partial charge in [-0.05, 0) is 23.4 Å². The molecular formula is C9H14O4S. The molecule has 0 amide bonds. The Kier molecular flexibility index (Phi) is 4.50. The van der Waals surface area contributed by atoms with E-state index in [0.29, 0.717) is 5.56 Å². The highest BCUT2D eigenvalue weighted by Gasteiger charge is 2.18. The minimum absolute atomic E-state index is 0.0620. The predicted molar refractivity (Wildman–Crippen MR) is 52.9 cm³/mol. The molecular weight excluding hydrogens is 204 g/mol. The first-order valence-electron chi connectivity index (χ1n) is 4.34. The summed E-state index contributed by atoms with van der Waals surface area (Å²) >= 11 is 1.33. The number of rotatable bonds is 5. The Bertz CT molecular complexity index is 274. The molecule has 0 spiro atoms. The Balaban J connectivity index is 2.63. The number of aliphatic hydroxyl groups excluding tert-OH is 4. The van der Waals surface area contributed by atoms with Crippen LogP contribution in [0.5, 0.6) is 0 Å². The van der Waals surface area contributed by atoms with E-state index in [0.717, 1.165) is 4.88 Å². The van der Waals surface area contributed by atoms with E-state index in [9.17, 15) is 10.2 Å². The van der Waals surface area contributed by atoms with Gasteiger partial charge in [0.2, 0.25) is 0 Å². The van der Waals surface area contributed by atoms with Crippen LogP contribution in [0.25, 0.3) is 0 Å². The summed E-state index contributed by atoms with van der Waals surface area (Å²) in [7, 11) is 0. The maximum Gasteiger partial charge on any atom is 0.106 e. The third-order valence-corrected chi connectivity index (χ3v) is 2.90. The van der Waals surface area contributed by atoms with Crippen LogP contribution in [0.4, 0.5) is 0 Å². The molecule has 0 bridgehead atoms. The van der Waals surface area contributed by atoms with Crippen molar-refractivity contribution in [3.05, 3.63) is 21.9 Å². The van der Waals surface area contributed by atoms with Gasteiger partial charge in [0.05, 0.1) is 12.7 Å². The van der Waals surface area contributed by atoms with Crippen LogP contribution in [0, 0.1) is 0 Å². The van der Waals surface area contributed by atoms with Crippen LogP contribution in [0.2, 0.25) is 0 Å². The van der Waals surface area contributed by atoms with E-state index in [-0.39, 0.29) is 19.6 Å². The smallest absolute Gasteiger partial charge is 0.106 e. The van der Waals surface area contributed by atoms with Crippen LogP contribution < -0.4 is 0 Å². The van der Waals surface area contributed by atoms with Crippen molar-refractivity contribution in [1.29, 1.82) is 0 Å². The van der Waals surface area contributed by atoms with Gasteiger partial charge in [-0.2, -0.15) is 0 Å². The van der Waals surface area contributed by atoms with Gasteiger partial charge in [0.1, 0.15) is 6.10 Å². The molecule has 2 atom stereocenters. The molecule has 1 aromatic heterocycles. The van der Waals surface area contributed by atoms with Crippen molar-refractivity contribution >= 4 is 11.3 Å². The molecule has 80 valence electrons. The third-order valence-electron chi connectivity index (χ3n) is 1.96. The quantitative estimate of drug-likeness (QED) is 0.561. The minimum atomic E-state index is -0.987. The van der Waals surface area contributed by atoms with E-state index in [1.165, 1.54) is 11.3 Å². The molecule has 2 unspecified atom stereocenters. The molecule has 0 aliphatic carbocycles. The molecule has 0 aliphatic rings. The fourth-order valence-corrected chi connectivity index (χ4v) is 1.92. The number of thiophene rings is 1. The lowest BCUT2D eigenvalue weighted by Gasteiger charge is -2.15. The first-order chi connectivity index (χ1) is 6.69. The molecule has 5 heteroatoms. The fourth-order valence-electron chi connectivity index (χ4n) is 1.15. The van der Waals surface area contributed by atoms with E-state index < -0.39 is 12.2 Å². The summed E-state index contributed by atoms with van der Waals surface area (Å²) < 4.78 is 0. The van der Waals surface area contributed by atoms with E-state index in [1.807, 2.05) is 0 Å². The lowest BCUT2D eigenvalue weighted by Crippen LogP contribution is -2.18. The van der Waals surface area contributed by atoms with Crippen LogP contribution in [0.1, 0.15) is 23.0 Å². The maximum atomic E-state index is 9.59. The van der Waals surface area contributed by atoms with Crippen LogP contribution >= 0.6 is 11.3 Å². The summed E-state index contributed by atoms with van der Waals surface area (Å²) in [5.41, 5.74) is 0.583. The zero-order valence-corrected chi connectivity index (χ0v) is 8.44. The monoisotopic (exact) mass is 218 g/mol. The number of aliphatic hydroxyl groups is 4. The Hall–Kier alpha value is -0.460. The molecule has 4 nitrogen and oxygen atoms in total. The molecule has 0 aromatic carbocycles. The van der Waals surface area contributed by atoms with E-state index in [1.54, 1.807) is 11.4 Å². The highest BCUT2D eigenvalue weighted by Crippen LogP contribution is 2.24. The molecule has 0 saturated carbocycles. The molecule has 0 radical (unpaired) electrons. The normalized spacial score (nSPS) is 15.4. The average molecular weight is 218 g/mol. The van der Waals surface area contributed by atoms with E-state index >= 15 is 0 Å². The molecule has 1 heterocycles. The Morgan fingerprint density at radius 2 is 2.00 bits per heavy atom. The van der Waals surface area contributed by atoms with Crippen LogP contribution in [-0.4, -0.2) is 33.1 Å². The third kappa shape index (κ3) is 2.76. The summed E-state index contributed by atoms with van der Waals surface area (Å²) in [5.74, 6) is 0. The van der Waals surface area contributed by atoms with Crippen LogP contribution in [-0.2, 0) is 6.61 Å². The first kappa shape index (κ1) is 11.6. The lowest BCUT2D eigenvalue weighted by atomic mass is 10.1. The molecule has 4 N–H and O–H groups in total. The summed E-state index contributed by atoms with van der Waals surface area (Å²) in [6.07, 6.45) is -1.80. The van der Waals surface area contributed by atoms with Gasteiger partial charge < -0.3 is 20.4 Å². The van der Waals surface area contributed by atoms with Gasteiger partial charge in [-0.3, -0.25) is 0 Å². The van der Waals surface area contributed by atoms with Gasteiger partial charge in [0.25, 0.3) is 0 Å². The largest absolute Gasteiger partial charge is 0.396 e. The maximum absolute atomic E-state index is 9.59. The van der Waals surface area contributed by atoms with Crippen LogP contribution in [0.15, 0.2) is 11.4 Å². The zero-order valence-electron chi connectivity index (χ0n) is 7.63. The second-order valence-corrected chi connectivity index (χ2v) is 4.02. The van der Waals surface area contributed by atoms with Crippen molar-refractivity contribution < 1.29 is 20.4 Å².